The second-order valence-corrected chi connectivity index (χ2v) is 4.22. The minimum atomic E-state index is -1.10. The summed E-state index contributed by atoms with van der Waals surface area (Å²) in [7, 11) is 0. The quantitative estimate of drug-likeness (QED) is 0.205. The Labute approximate surface area is 143 Å². The highest BCUT2D eigenvalue weighted by atomic mass is 16.5. The molecule has 0 aliphatic carbocycles. The molecule has 8 nitrogen and oxygen atoms in total. The molecule has 0 aliphatic heterocycles. The van der Waals surface area contributed by atoms with Crippen molar-refractivity contribution in [3.63, 3.8) is 0 Å². The standard InChI is InChI=1S/C6H14O2.C4H10O2.2C3H4O2/c1-2-3-4-5-6(7)8;5-3-1-2-4-6;2*1-2-3(4)5/h6-8H,2-5H2,1H3;5-6H,1-4H2;2*2H,1H2,(H,4,5). The van der Waals surface area contributed by atoms with Crippen molar-refractivity contribution >= 4 is 11.9 Å². The van der Waals surface area contributed by atoms with Gasteiger partial charge in [-0.2, -0.15) is 0 Å². The number of carboxylic acid groups (broad SMARTS) is 2. The summed E-state index contributed by atoms with van der Waals surface area (Å²) >= 11 is 0. The van der Waals surface area contributed by atoms with Gasteiger partial charge in [0.1, 0.15) is 0 Å². The summed E-state index contributed by atoms with van der Waals surface area (Å²) in [6.45, 7) is 8.40. The van der Waals surface area contributed by atoms with E-state index >= 15 is 0 Å². The smallest absolute Gasteiger partial charge is 0.327 e. The molecule has 0 amide bonds. The fourth-order valence-corrected chi connectivity index (χ4v) is 0.801. The molecule has 0 spiro atoms. The summed E-state index contributed by atoms with van der Waals surface area (Å²) in [6.07, 6.45) is 5.68. The molecular weight excluding hydrogens is 320 g/mol. The molecule has 0 bridgehead atoms. The second kappa shape index (κ2) is 29.3. The van der Waals surface area contributed by atoms with Gasteiger partial charge in [-0.25, -0.2) is 9.59 Å². The first-order valence-electron chi connectivity index (χ1n) is 7.51. The van der Waals surface area contributed by atoms with Gasteiger partial charge in [-0.3, -0.25) is 0 Å². The van der Waals surface area contributed by atoms with Gasteiger partial charge in [0.25, 0.3) is 0 Å². The molecule has 0 atom stereocenters. The molecule has 0 aromatic carbocycles. The third-order valence-electron chi connectivity index (χ3n) is 1.98. The van der Waals surface area contributed by atoms with Gasteiger partial charge in [-0.1, -0.05) is 32.9 Å². The fraction of sp³-hybridized carbons (Fsp3) is 0.625. The van der Waals surface area contributed by atoms with E-state index in [2.05, 4.69) is 20.1 Å². The summed E-state index contributed by atoms with van der Waals surface area (Å²) in [5.41, 5.74) is 0. The number of hydrogen-bond acceptors (Lipinski definition) is 6. The van der Waals surface area contributed by atoms with Crippen molar-refractivity contribution < 1.29 is 40.2 Å². The Morgan fingerprint density at radius 3 is 1.38 bits per heavy atom. The lowest BCUT2D eigenvalue weighted by Gasteiger charge is -1.99. The lowest BCUT2D eigenvalue weighted by atomic mass is 10.2. The number of aliphatic carboxylic acids is 2. The van der Waals surface area contributed by atoms with Gasteiger partial charge in [0.2, 0.25) is 0 Å². The van der Waals surface area contributed by atoms with Gasteiger partial charge in [-0.05, 0) is 25.7 Å². The van der Waals surface area contributed by atoms with Crippen molar-refractivity contribution in [3.05, 3.63) is 25.3 Å². The van der Waals surface area contributed by atoms with E-state index < -0.39 is 18.2 Å². The zero-order valence-electron chi connectivity index (χ0n) is 14.3. The maximum absolute atomic E-state index is 9.25. The summed E-state index contributed by atoms with van der Waals surface area (Å²) in [5, 5.41) is 48.0. The minimum absolute atomic E-state index is 0.195. The van der Waals surface area contributed by atoms with Crippen LogP contribution in [-0.2, 0) is 9.59 Å². The monoisotopic (exact) mass is 352 g/mol. The van der Waals surface area contributed by atoms with Gasteiger partial charge < -0.3 is 30.6 Å². The first-order valence-corrected chi connectivity index (χ1v) is 7.51. The van der Waals surface area contributed by atoms with Crippen molar-refractivity contribution in [3.8, 4) is 0 Å². The zero-order valence-corrected chi connectivity index (χ0v) is 14.3. The van der Waals surface area contributed by atoms with E-state index in [4.69, 9.17) is 30.6 Å². The Kier molecular flexibility index (Phi) is 36.8. The minimum Gasteiger partial charge on any atom is -0.478 e. The molecule has 0 aromatic heterocycles. The highest BCUT2D eigenvalue weighted by Crippen LogP contribution is 1.99. The largest absolute Gasteiger partial charge is 0.478 e. The van der Waals surface area contributed by atoms with E-state index in [9.17, 15) is 9.59 Å². The van der Waals surface area contributed by atoms with Crippen molar-refractivity contribution in [2.45, 2.75) is 51.7 Å². The Bertz CT molecular complexity index is 268. The lowest BCUT2D eigenvalue weighted by molar-refractivity contribution is -0.132. The average Bonchev–Trinajstić information content (AvgIpc) is 2.54. The van der Waals surface area contributed by atoms with Crippen LogP contribution in [0.5, 0.6) is 0 Å². The van der Waals surface area contributed by atoms with Crippen molar-refractivity contribution in [1.29, 1.82) is 0 Å². The predicted octanol–water partition coefficient (Wildman–Crippen LogP) is 1.14. The van der Waals surface area contributed by atoms with Gasteiger partial charge in [-0.15, -0.1) is 0 Å². The van der Waals surface area contributed by atoms with Crippen LogP contribution in [0, 0.1) is 0 Å². The van der Waals surface area contributed by atoms with Crippen LogP contribution in [0.25, 0.3) is 0 Å². The molecule has 0 fully saturated rings. The van der Waals surface area contributed by atoms with Crippen LogP contribution in [0.4, 0.5) is 0 Å². The van der Waals surface area contributed by atoms with Crippen LogP contribution >= 0.6 is 0 Å². The number of rotatable bonds is 9. The topological polar surface area (TPSA) is 156 Å². The summed E-state index contributed by atoms with van der Waals surface area (Å²) in [6, 6.07) is 0. The SMILES string of the molecule is C=CC(=O)O.C=CC(=O)O.CCCCCC(O)O.OCCCCO. The van der Waals surface area contributed by atoms with Crippen molar-refractivity contribution in [2.24, 2.45) is 0 Å². The van der Waals surface area contributed by atoms with Gasteiger partial charge >= 0.3 is 11.9 Å². The van der Waals surface area contributed by atoms with E-state index in [0.29, 0.717) is 6.42 Å². The predicted molar refractivity (Wildman–Crippen MR) is 91.4 cm³/mol. The molecule has 0 saturated heterocycles. The van der Waals surface area contributed by atoms with Crippen LogP contribution in [0.15, 0.2) is 25.3 Å². The van der Waals surface area contributed by atoms with Crippen molar-refractivity contribution in [1.82, 2.24) is 0 Å². The Balaban J connectivity index is -0.000000114. The summed E-state index contributed by atoms with van der Waals surface area (Å²) < 4.78 is 0. The molecule has 0 rings (SSSR count). The summed E-state index contributed by atoms with van der Waals surface area (Å²) in [4.78, 5) is 18.5. The molecule has 6 N–H and O–H groups in total. The zero-order chi connectivity index (χ0) is 19.8. The fourth-order valence-electron chi connectivity index (χ4n) is 0.801. The lowest BCUT2D eigenvalue weighted by Crippen LogP contribution is -2.02. The second-order valence-electron chi connectivity index (χ2n) is 4.22. The normalized spacial score (nSPS) is 8.42. The third kappa shape index (κ3) is 71.4. The average molecular weight is 352 g/mol. The van der Waals surface area contributed by atoms with Crippen LogP contribution in [0.1, 0.15) is 45.4 Å². The third-order valence-corrected chi connectivity index (χ3v) is 1.98. The molecule has 0 radical (unpaired) electrons. The van der Waals surface area contributed by atoms with Crippen LogP contribution in [0.2, 0.25) is 0 Å². The number of unbranched alkanes of at least 4 members (excludes halogenated alkanes) is 3. The van der Waals surface area contributed by atoms with Crippen molar-refractivity contribution in [2.75, 3.05) is 13.2 Å². The number of aliphatic hydroxyl groups excluding tert-OH is 3. The number of aliphatic hydroxyl groups is 4. The Morgan fingerprint density at radius 2 is 1.21 bits per heavy atom. The highest BCUT2D eigenvalue weighted by molar-refractivity contribution is 5.79. The molecule has 0 unspecified atom stereocenters. The van der Waals surface area contributed by atoms with E-state index in [1.165, 1.54) is 0 Å². The number of hydrogen-bond donors (Lipinski definition) is 6. The molecule has 24 heavy (non-hydrogen) atoms. The van der Waals surface area contributed by atoms with Crippen LogP contribution in [0.3, 0.4) is 0 Å². The first kappa shape index (κ1) is 30.2. The maximum Gasteiger partial charge on any atom is 0.327 e. The summed E-state index contributed by atoms with van der Waals surface area (Å²) in [5.74, 6) is -1.96. The van der Waals surface area contributed by atoms with E-state index in [1.807, 2.05) is 0 Å². The molecule has 0 saturated carbocycles. The van der Waals surface area contributed by atoms with Crippen LogP contribution < -0.4 is 0 Å². The van der Waals surface area contributed by atoms with E-state index in [-0.39, 0.29) is 13.2 Å². The van der Waals surface area contributed by atoms with E-state index in [1.54, 1.807) is 0 Å². The Hall–Kier alpha value is -1.74. The molecule has 144 valence electrons. The molecule has 0 aromatic rings. The van der Waals surface area contributed by atoms with Crippen LogP contribution in [-0.4, -0.2) is 62.1 Å². The maximum atomic E-state index is 9.25. The first-order chi connectivity index (χ1) is 11.2. The molecule has 8 heteroatoms. The molecule has 0 aliphatic rings. The van der Waals surface area contributed by atoms with Gasteiger partial charge in [0.15, 0.2) is 6.29 Å². The van der Waals surface area contributed by atoms with Gasteiger partial charge in [0.05, 0.1) is 0 Å². The Morgan fingerprint density at radius 1 is 0.875 bits per heavy atom. The molecular formula is C16H32O8. The van der Waals surface area contributed by atoms with E-state index in [0.717, 1.165) is 44.3 Å². The highest BCUT2D eigenvalue weighted by Gasteiger charge is 1.93. The van der Waals surface area contributed by atoms with Gasteiger partial charge in [0, 0.05) is 25.4 Å². The number of carbonyl (C=O) groups is 2. The number of carboxylic acids is 2. The molecule has 0 heterocycles.